The van der Waals surface area contributed by atoms with Crippen molar-refractivity contribution in [3.63, 3.8) is 0 Å². The van der Waals surface area contributed by atoms with E-state index in [1.54, 1.807) is 6.07 Å². The number of likely N-dealkylation sites (tertiary alicyclic amines) is 1. The van der Waals surface area contributed by atoms with Gasteiger partial charge in [0.05, 0.1) is 10.0 Å². The van der Waals surface area contributed by atoms with Gasteiger partial charge in [0, 0.05) is 24.2 Å². The zero-order valence-corrected chi connectivity index (χ0v) is 11.9. The highest BCUT2D eigenvalue weighted by Gasteiger charge is 2.47. The summed E-state index contributed by atoms with van der Waals surface area (Å²) in [6.07, 6.45) is 3.23. The van der Waals surface area contributed by atoms with Crippen LogP contribution in [0.2, 0.25) is 10.0 Å². The number of aliphatic hydroxyl groups is 1. The molecule has 2 atom stereocenters. The highest BCUT2D eigenvalue weighted by Crippen LogP contribution is 2.44. The Bertz CT molecular complexity index is 475. The second kappa shape index (κ2) is 4.38. The quantitative estimate of drug-likeness (QED) is 0.900. The summed E-state index contributed by atoms with van der Waals surface area (Å²) in [5, 5.41) is 11.9. The number of nitrogens with zero attached hydrogens (tertiary/aromatic N) is 1. The van der Waals surface area contributed by atoms with Crippen LogP contribution in [-0.2, 0) is 5.60 Å². The molecule has 1 aromatic rings. The van der Waals surface area contributed by atoms with Crippen LogP contribution in [0, 0.1) is 0 Å². The lowest BCUT2D eigenvalue weighted by Gasteiger charge is -2.25. The largest absolute Gasteiger partial charge is 0.384 e. The van der Waals surface area contributed by atoms with E-state index in [1.807, 2.05) is 12.1 Å². The predicted molar refractivity (Wildman–Crippen MR) is 74.2 cm³/mol. The third-order valence-electron chi connectivity index (χ3n) is 4.11. The van der Waals surface area contributed by atoms with Crippen molar-refractivity contribution in [2.45, 2.75) is 43.9 Å². The predicted octanol–water partition coefficient (Wildman–Crippen LogP) is 3.44. The molecule has 2 aliphatic rings. The van der Waals surface area contributed by atoms with E-state index in [9.17, 15) is 5.11 Å². The van der Waals surface area contributed by atoms with Gasteiger partial charge in [-0.25, -0.2) is 0 Å². The molecule has 2 fully saturated rings. The molecule has 2 unspecified atom stereocenters. The van der Waals surface area contributed by atoms with Gasteiger partial charge in [-0.1, -0.05) is 35.3 Å². The summed E-state index contributed by atoms with van der Waals surface area (Å²) in [6, 6.07) is 6.56. The zero-order valence-electron chi connectivity index (χ0n) is 10.4. The van der Waals surface area contributed by atoms with Crippen molar-refractivity contribution < 1.29 is 5.11 Å². The lowest BCUT2D eigenvalue weighted by molar-refractivity contribution is 0.0453. The number of hydrogen-bond donors (Lipinski definition) is 1. The van der Waals surface area contributed by atoms with Crippen LogP contribution in [0.4, 0.5) is 0 Å². The molecule has 1 saturated carbocycles. The Balaban J connectivity index is 1.93. The van der Waals surface area contributed by atoms with E-state index in [0.29, 0.717) is 28.7 Å². The second-order valence-corrected chi connectivity index (χ2v) is 6.37. The van der Waals surface area contributed by atoms with E-state index >= 15 is 0 Å². The first-order valence-corrected chi connectivity index (χ1v) is 7.19. The lowest BCUT2D eigenvalue weighted by Crippen LogP contribution is -2.33. The van der Waals surface area contributed by atoms with Crippen molar-refractivity contribution in [1.82, 2.24) is 4.90 Å². The Hall–Kier alpha value is -0.280. The third kappa shape index (κ3) is 2.05. The lowest BCUT2D eigenvalue weighted by atomic mass is 9.91. The van der Waals surface area contributed by atoms with Gasteiger partial charge in [-0.2, -0.15) is 0 Å². The molecule has 0 spiro atoms. The van der Waals surface area contributed by atoms with Crippen LogP contribution in [-0.4, -0.2) is 28.6 Å². The zero-order chi connectivity index (χ0) is 12.9. The summed E-state index contributed by atoms with van der Waals surface area (Å²) < 4.78 is 0. The molecule has 0 amide bonds. The van der Waals surface area contributed by atoms with Gasteiger partial charge in [-0.3, -0.25) is 4.90 Å². The highest BCUT2D eigenvalue weighted by atomic mass is 35.5. The Kier molecular flexibility index (Phi) is 3.10. The molecule has 18 heavy (non-hydrogen) atoms. The molecule has 1 saturated heterocycles. The molecule has 1 aromatic carbocycles. The van der Waals surface area contributed by atoms with Crippen LogP contribution in [0.1, 0.15) is 31.7 Å². The van der Waals surface area contributed by atoms with Crippen LogP contribution in [0.15, 0.2) is 18.2 Å². The Morgan fingerprint density at radius 1 is 1.33 bits per heavy atom. The van der Waals surface area contributed by atoms with E-state index < -0.39 is 5.60 Å². The average Bonchev–Trinajstić information content (AvgIpc) is 3.09. The summed E-state index contributed by atoms with van der Waals surface area (Å²) in [6.45, 7) is 2.84. The molecule has 0 aromatic heterocycles. The number of β-amino-alcohol motifs (C(OH)–C–C–N with tert-alkyl or cyclic N) is 1. The normalized spacial score (nSPS) is 33.0. The van der Waals surface area contributed by atoms with E-state index in [2.05, 4.69) is 11.8 Å². The number of benzene rings is 1. The van der Waals surface area contributed by atoms with Crippen molar-refractivity contribution in [2.75, 3.05) is 6.54 Å². The number of halogens is 2. The van der Waals surface area contributed by atoms with Crippen molar-refractivity contribution in [3.8, 4) is 0 Å². The molecule has 98 valence electrons. The van der Waals surface area contributed by atoms with Crippen LogP contribution in [0.3, 0.4) is 0 Å². The van der Waals surface area contributed by atoms with Crippen molar-refractivity contribution in [2.24, 2.45) is 0 Å². The summed E-state index contributed by atoms with van der Waals surface area (Å²) in [5.41, 5.74) is -0.0871. The van der Waals surface area contributed by atoms with Gasteiger partial charge in [-0.15, -0.1) is 0 Å². The SMILES string of the molecule is CC1CC(O)(c2cccc(Cl)c2Cl)CN1C1CC1. The minimum absolute atomic E-state index is 0.401. The minimum atomic E-state index is -0.857. The fourth-order valence-electron chi connectivity index (χ4n) is 3.08. The highest BCUT2D eigenvalue weighted by molar-refractivity contribution is 6.42. The topological polar surface area (TPSA) is 23.5 Å². The first-order chi connectivity index (χ1) is 8.51. The Labute approximate surface area is 117 Å². The van der Waals surface area contributed by atoms with Gasteiger partial charge < -0.3 is 5.11 Å². The summed E-state index contributed by atoms with van der Waals surface area (Å²) in [4.78, 5) is 2.40. The van der Waals surface area contributed by atoms with Crippen LogP contribution >= 0.6 is 23.2 Å². The van der Waals surface area contributed by atoms with Gasteiger partial charge in [0.2, 0.25) is 0 Å². The summed E-state index contributed by atoms with van der Waals surface area (Å²) in [5.74, 6) is 0. The minimum Gasteiger partial charge on any atom is -0.384 e. The maximum atomic E-state index is 10.9. The molecule has 1 aliphatic carbocycles. The molecule has 1 aliphatic heterocycles. The van der Waals surface area contributed by atoms with E-state index in [-0.39, 0.29) is 0 Å². The molecule has 0 radical (unpaired) electrons. The maximum absolute atomic E-state index is 10.9. The van der Waals surface area contributed by atoms with Crippen LogP contribution in [0.5, 0.6) is 0 Å². The Morgan fingerprint density at radius 3 is 2.72 bits per heavy atom. The van der Waals surface area contributed by atoms with E-state index in [0.717, 1.165) is 12.0 Å². The summed E-state index contributed by atoms with van der Waals surface area (Å²) >= 11 is 12.3. The summed E-state index contributed by atoms with van der Waals surface area (Å²) in [7, 11) is 0. The molecule has 2 nitrogen and oxygen atoms in total. The smallest absolute Gasteiger partial charge is 0.105 e. The van der Waals surface area contributed by atoms with Gasteiger partial charge in [0.1, 0.15) is 5.60 Å². The van der Waals surface area contributed by atoms with Crippen molar-refractivity contribution >= 4 is 23.2 Å². The fraction of sp³-hybridized carbons (Fsp3) is 0.571. The van der Waals surface area contributed by atoms with Gasteiger partial charge in [0.15, 0.2) is 0 Å². The molecule has 4 heteroatoms. The van der Waals surface area contributed by atoms with Gasteiger partial charge in [0.25, 0.3) is 0 Å². The van der Waals surface area contributed by atoms with E-state index in [4.69, 9.17) is 23.2 Å². The number of hydrogen-bond acceptors (Lipinski definition) is 2. The maximum Gasteiger partial charge on any atom is 0.105 e. The average molecular weight is 286 g/mol. The van der Waals surface area contributed by atoms with Crippen LogP contribution in [0.25, 0.3) is 0 Å². The van der Waals surface area contributed by atoms with E-state index in [1.165, 1.54) is 12.8 Å². The second-order valence-electron chi connectivity index (χ2n) is 5.59. The van der Waals surface area contributed by atoms with Crippen molar-refractivity contribution in [1.29, 1.82) is 0 Å². The molecular formula is C14H17Cl2NO. The fourth-order valence-corrected chi connectivity index (χ4v) is 3.56. The van der Waals surface area contributed by atoms with Gasteiger partial charge >= 0.3 is 0 Å². The first-order valence-electron chi connectivity index (χ1n) is 6.44. The molecule has 1 heterocycles. The third-order valence-corrected chi connectivity index (χ3v) is 4.93. The van der Waals surface area contributed by atoms with Gasteiger partial charge in [-0.05, 0) is 32.3 Å². The van der Waals surface area contributed by atoms with Crippen LogP contribution < -0.4 is 0 Å². The molecule has 0 bridgehead atoms. The van der Waals surface area contributed by atoms with Crippen molar-refractivity contribution in [3.05, 3.63) is 33.8 Å². The molecular weight excluding hydrogens is 269 g/mol. The first kappa shape index (κ1) is 12.7. The standard InChI is InChI=1S/C14H17Cl2NO/c1-9-7-14(18,8-17(9)10-5-6-10)11-3-2-4-12(15)13(11)16/h2-4,9-10,18H,5-8H2,1H3. The Morgan fingerprint density at radius 2 is 2.06 bits per heavy atom. The number of rotatable bonds is 2. The molecule has 3 rings (SSSR count). The monoisotopic (exact) mass is 285 g/mol. The molecule has 1 N–H and O–H groups in total.